The predicted molar refractivity (Wildman–Crippen MR) is 77.2 cm³/mol. The van der Waals surface area contributed by atoms with Crippen molar-refractivity contribution in [2.24, 2.45) is 0 Å². The number of ketones is 1. The molecule has 0 aromatic heterocycles. The van der Waals surface area contributed by atoms with E-state index in [9.17, 15) is 4.79 Å². The highest BCUT2D eigenvalue weighted by Crippen LogP contribution is 2.22. The number of carbonyl (C=O) groups excluding carboxylic acids is 1. The second kappa shape index (κ2) is 6.23. The number of Topliss-reactive ketones (excluding diaryl/α,β-unsaturated/α-hetero) is 1. The molecule has 2 aromatic rings. The molecule has 100 valence electrons. The smallest absolute Gasteiger partial charge is 0.200 e. The van der Waals surface area contributed by atoms with E-state index in [0.717, 1.165) is 5.56 Å². The molecule has 0 atom stereocenters. The van der Waals surface area contributed by atoms with Gasteiger partial charge in [0.15, 0.2) is 12.4 Å². The number of aryl methyl sites for hydroxylation is 1. The second-order valence-corrected chi connectivity index (χ2v) is 4.74. The summed E-state index contributed by atoms with van der Waals surface area (Å²) < 4.78 is 5.40. The molecule has 0 saturated heterocycles. The molecule has 0 unspecified atom stereocenters. The molecule has 0 N–H and O–H groups in total. The van der Waals surface area contributed by atoms with Gasteiger partial charge in [-0.25, -0.2) is 0 Å². The van der Waals surface area contributed by atoms with E-state index in [1.807, 2.05) is 31.2 Å². The number of halogens is 1. The van der Waals surface area contributed by atoms with E-state index in [1.165, 1.54) is 6.07 Å². The maximum Gasteiger partial charge on any atom is 0.200 e. The Morgan fingerprint density at radius 3 is 2.75 bits per heavy atom. The summed E-state index contributed by atoms with van der Waals surface area (Å²) in [7, 11) is 0. The molecule has 0 fully saturated rings. The molecule has 0 amide bonds. The summed E-state index contributed by atoms with van der Waals surface area (Å²) in [5, 5.41) is 9.09. The van der Waals surface area contributed by atoms with Gasteiger partial charge in [0.25, 0.3) is 0 Å². The maximum absolute atomic E-state index is 12.0. The van der Waals surface area contributed by atoms with Crippen LogP contribution in [-0.4, -0.2) is 12.4 Å². The van der Waals surface area contributed by atoms with Gasteiger partial charge in [0.1, 0.15) is 11.8 Å². The van der Waals surface area contributed by atoms with Gasteiger partial charge in [-0.1, -0.05) is 35.4 Å². The van der Waals surface area contributed by atoms with Gasteiger partial charge < -0.3 is 4.74 Å². The van der Waals surface area contributed by atoms with Crippen molar-refractivity contribution in [1.29, 1.82) is 5.26 Å². The van der Waals surface area contributed by atoms with Crippen LogP contribution in [0.1, 0.15) is 21.5 Å². The Labute approximate surface area is 122 Å². The minimum Gasteiger partial charge on any atom is -0.485 e. The first-order valence-corrected chi connectivity index (χ1v) is 6.40. The maximum atomic E-state index is 12.0. The molecule has 0 aliphatic rings. The number of nitriles is 1. The summed E-state index contributed by atoms with van der Waals surface area (Å²) >= 11 is 5.90. The van der Waals surface area contributed by atoms with Crippen molar-refractivity contribution in [3.8, 4) is 11.8 Å². The van der Waals surface area contributed by atoms with E-state index in [2.05, 4.69) is 0 Å². The zero-order valence-corrected chi connectivity index (χ0v) is 11.6. The van der Waals surface area contributed by atoms with Crippen LogP contribution in [0.25, 0.3) is 0 Å². The first-order valence-electron chi connectivity index (χ1n) is 6.02. The fourth-order valence-corrected chi connectivity index (χ4v) is 1.94. The lowest BCUT2D eigenvalue weighted by molar-refractivity contribution is 0.0921. The molecule has 0 saturated carbocycles. The molecule has 0 bridgehead atoms. The average Bonchev–Trinajstić information content (AvgIpc) is 2.45. The van der Waals surface area contributed by atoms with Crippen molar-refractivity contribution in [3.05, 3.63) is 64.2 Å². The summed E-state index contributed by atoms with van der Waals surface area (Å²) in [6.07, 6.45) is 0. The molecule has 0 aliphatic heterocycles. The van der Waals surface area contributed by atoms with Crippen LogP contribution in [-0.2, 0) is 0 Å². The number of nitrogens with zero attached hydrogens (tertiary/aromatic N) is 1. The van der Waals surface area contributed by atoms with Crippen LogP contribution in [0.3, 0.4) is 0 Å². The molecule has 0 radical (unpaired) electrons. The van der Waals surface area contributed by atoms with Gasteiger partial charge in [0.05, 0.1) is 10.6 Å². The monoisotopic (exact) mass is 285 g/mol. The van der Waals surface area contributed by atoms with Gasteiger partial charge in [0.2, 0.25) is 0 Å². The Hall–Kier alpha value is -2.31. The Kier molecular flexibility index (Phi) is 4.39. The SMILES string of the molecule is Cc1cccc(C(=O)COc2ccc(C#N)c(Cl)c2)c1. The summed E-state index contributed by atoms with van der Waals surface area (Å²) in [5.74, 6) is 0.365. The lowest BCUT2D eigenvalue weighted by atomic mass is 10.1. The fourth-order valence-electron chi connectivity index (χ4n) is 1.73. The summed E-state index contributed by atoms with van der Waals surface area (Å²) in [5.41, 5.74) is 2.02. The average molecular weight is 286 g/mol. The lowest BCUT2D eigenvalue weighted by Crippen LogP contribution is -2.11. The van der Waals surface area contributed by atoms with Crippen molar-refractivity contribution in [3.63, 3.8) is 0 Å². The molecular weight excluding hydrogens is 274 g/mol. The fraction of sp³-hybridized carbons (Fsp3) is 0.125. The first-order chi connectivity index (χ1) is 9.60. The van der Waals surface area contributed by atoms with E-state index in [1.54, 1.807) is 18.2 Å². The third-order valence-electron chi connectivity index (χ3n) is 2.77. The molecule has 0 spiro atoms. The molecule has 0 aliphatic carbocycles. The van der Waals surface area contributed by atoms with Crippen LogP contribution in [0.5, 0.6) is 5.75 Å². The highest BCUT2D eigenvalue weighted by atomic mass is 35.5. The molecule has 20 heavy (non-hydrogen) atoms. The molecule has 0 heterocycles. The lowest BCUT2D eigenvalue weighted by Gasteiger charge is -2.07. The number of hydrogen-bond acceptors (Lipinski definition) is 3. The van der Waals surface area contributed by atoms with E-state index in [0.29, 0.717) is 21.9 Å². The van der Waals surface area contributed by atoms with Gasteiger partial charge in [-0.2, -0.15) is 5.26 Å². The van der Waals surface area contributed by atoms with Crippen molar-refractivity contribution in [2.75, 3.05) is 6.61 Å². The number of ether oxygens (including phenoxy) is 1. The number of rotatable bonds is 4. The Bertz CT molecular complexity index is 689. The van der Waals surface area contributed by atoms with Crippen molar-refractivity contribution >= 4 is 17.4 Å². The van der Waals surface area contributed by atoms with Crippen LogP contribution in [0, 0.1) is 18.3 Å². The first kappa shape index (κ1) is 14.1. The van der Waals surface area contributed by atoms with Crippen molar-refractivity contribution in [1.82, 2.24) is 0 Å². The third kappa shape index (κ3) is 3.37. The van der Waals surface area contributed by atoms with Gasteiger partial charge in [-0.15, -0.1) is 0 Å². The van der Waals surface area contributed by atoms with Gasteiger partial charge in [-0.05, 0) is 25.1 Å². The minimum atomic E-state index is -0.103. The summed E-state index contributed by atoms with van der Waals surface area (Å²) in [4.78, 5) is 12.0. The van der Waals surface area contributed by atoms with E-state index >= 15 is 0 Å². The zero-order chi connectivity index (χ0) is 14.5. The molecule has 3 nitrogen and oxygen atoms in total. The van der Waals surface area contributed by atoms with Crippen LogP contribution < -0.4 is 4.74 Å². The predicted octanol–water partition coefficient (Wildman–Crippen LogP) is 3.78. The summed E-state index contributed by atoms with van der Waals surface area (Å²) in [6, 6.07) is 14.0. The van der Waals surface area contributed by atoms with Crippen LogP contribution >= 0.6 is 11.6 Å². The minimum absolute atomic E-state index is 0.0638. The van der Waals surface area contributed by atoms with E-state index in [4.69, 9.17) is 21.6 Å². The highest BCUT2D eigenvalue weighted by Gasteiger charge is 2.08. The van der Waals surface area contributed by atoms with E-state index < -0.39 is 0 Å². The highest BCUT2D eigenvalue weighted by molar-refractivity contribution is 6.31. The molecular formula is C16H12ClNO2. The summed E-state index contributed by atoms with van der Waals surface area (Å²) in [6.45, 7) is 1.86. The number of hydrogen-bond donors (Lipinski definition) is 0. The molecule has 4 heteroatoms. The Balaban J connectivity index is 2.04. The quantitative estimate of drug-likeness (QED) is 0.803. The third-order valence-corrected chi connectivity index (χ3v) is 3.08. The number of benzene rings is 2. The topological polar surface area (TPSA) is 50.1 Å². The zero-order valence-electron chi connectivity index (χ0n) is 10.9. The molecule has 2 aromatic carbocycles. The van der Waals surface area contributed by atoms with Crippen molar-refractivity contribution < 1.29 is 9.53 Å². The van der Waals surface area contributed by atoms with Gasteiger partial charge in [-0.3, -0.25) is 4.79 Å². The van der Waals surface area contributed by atoms with Crippen LogP contribution in [0.15, 0.2) is 42.5 Å². The Morgan fingerprint density at radius 1 is 1.30 bits per heavy atom. The van der Waals surface area contributed by atoms with E-state index in [-0.39, 0.29) is 12.4 Å². The molecule has 2 rings (SSSR count). The second-order valence-electron chi connectivity index (χ2n) is 4.33. The van der Waals surface area contributed by atoms with Crippen LogP contribution in [0.2, 0.25) is 5.02 Å². The van der Waals surface area contributed by atoms with Gasteiger partial charge >= 0.3 is 0 Å². The van der Waals surface area contributed by atoms with Gasteiger partial charge in [0, 0.05) is 11.6 Å². The normalized spacial score (nSPS) is 9.85. The number of carbonyl (C=O) groups is 1. The largest absolute Gasteiger partial charge is 0.485 e. The Morgan fingerprint density at radius 2 is 2.10 bits per heavy atom. The standard InChI is InChI=1S/C16H12ClNO2/c1-11-3-2-4-12(7-11)16(19)10-20-14-6-5-13(9-18)15(17)8-14/h2-8H,10H2,1H3. The van der Waals surface area contributed by atoms with Crippen molar-refractivity contribution in [2.45, 2.75) is 6.92 Å². The van der Waals surface area contributed by atoms with Crippen LogP contribution in [0.4, 0.5) is 0 Å².